The summed E-state index contributed by atoms with van der Waals surface area (Å²) in [5.41, 5.74) is 3.87. The smallest absolute Gasteiger partial charge is 0.248 e. The summed E-state index contributed by atoms with van der Waals surface area (Å²) in [5, 5.41) is 3.35. The molecule has 1 N–H and O–H groups in total. The van der Waals surface area contributed by atoms with Crippen LogP contribution in [0.2, 0.25) is 5.02 Å². The van der Waals surface area contributed by atoms with Gasteiger partial charge in [0.05, 0.1) is 11.9 Å². The van der Waals surface area contributed by atoms with Crippen LogP contribution in [-0.4, -0.2) is 26.6 Å². The van der Waals surface area contributed by atoms with Crippen molar-refractivity contribution in [3.8, 4) is 0 Å². The van der Waals surface area contributed by atoms with Crippen LogP contribution in [0, 0.1) is 20.8 Å². The van der Waals surface area contributed by atoms with Crippen molar-refractivity contribution in [3.63, 3.8) is 0 Å². The molecule has 0 unspecified atom stereocenters. The third kappa shape index (κ3) is 4.56. The maximum atomic E-state index is 12.7. The van der Waals surface area contributed by atoms with Crippen LogP contribution in [0.25, 0.3) is 0 Å². The first kappa shape index (κ1) is 20.3. The van der Waals surface area contributed by atoms with Gasteiger partial charge in [0, 0.05) is 10.7 Å². The highest BCUT2D eigenvalue weighted by atomic mass is 35.5. The van der Waals surface area contributed by atoms with E-state index in [9.17, 15) is 13.2 Å². The van der Waals surface area contributed by atoms with Gasteiger partial charge < -0.3 is 5.32 Å². The first-order chi connectivity index (χ1) is 12.0. The molecular weight excluding hydrogens is 372 g/mol. The number of sulfonamides is 1. The van der Waals surface area contributed by atoms with Gasteiger partial charge in [-0.1, -0.05) is 17.7 Å². The number of anilines is 2. The van der Waals surface area contributed by atoms with E-state index in [4.69, 9.17) is 11.6 Å². The fraction of sp³-hybridized carbons (Fsp3) is 0.316. The van der Waals surface area contributed by atoms with Gasteiger partial charge in [-0.2, -0.15) is 0 Å². The third-order valence-corrected chi connectivity index (χ3v) is 5.76. The summed E-state index contributed by atoms with van der Waals surface area (Å²) in [4.78, 5) is 12.7. The van der Waals surface area contributed by atoms with E-state index in [1.807, 2.05) is 26.8 Å². The van der Waals surface area contributed by atoms with E-state index in [0.717, 1.165) is 27.3 Å². The van der Waals surface area contributed by atoms with Crippen molar-refractivity contribution >= 4 is 38.9 Å². The minimum absolute atomic E-state index is 0.418. The SMILES string of the molecule is Cc1ccc(N([C@H](C)C(=O)Nc2ccc(Cl)cc2C)S(C)(=O)=O)cc1C. The summed E-state index contributed by atoms with van der Waals surface area (Å²) in [6.07, 6.45) is 1.10. The molecule has 0 fully saturated rings. The number of carbonyl (C=O) groups is 1. The zero-order chi connectivity index (χ0) is 19.6. The van der Waals surface area contributed by atoms with Gasteiger partial charge in [-0.15, -0.1) is 0 Å². The number of benzene rings is 2. The summed E-state index contributed by atoms with van der Waals surface area (Å²) in [6, 6.07) is 9.52. The van der Waals surface area contributed by atoms with Crippen molar-refractivity contribution in [3.05, 3.63) is 58.1 Å². The number of amides is 1. The molecule has 0 saturated carbocycles. The van der Waals surface area contributed by atoms with Gasteiger partial charge in [-0.25, -0.2) is 8.42 Å². The summed E-state index contributed by atoms with van der Waals surface area (Å²) >= 11 is 5.93. The van der Waals surface area contributed by atoms with Crippen molar-refractivity contribution in [1.29, 1.82) is 0 Å². The largest absolute Gasteiger partial charge is 0.324 e. The molecular formula is C19H23ClN2O3S. The lowest BCUT2D eigenvalue weighted by molar-refractivity contribution is -0.116. The van der Waals surface area contributed by atoms with Gasteiger partial charge in [0.15, 0.2) is 0 Å². The maximum absolute atomic E-state index is 12.7. The van der Waals surface area contributed by atoms with Crippen LogP contribution in [0.5, 0.6) is 0 Å². The molecule has 0 aliphatic carbocycles. The standard InChI is InChI=1S/C19H23ClN2O3S/c1-12-6-8-17(11-13(12)2)22(26(5,24)25)15(4)19(23)21-18-9-7-16(20)10-14(18)3/h6-11,15H,1-5H3,(H,21,23)/t15-/m1/s1. The number of nitrogens with one attached hydrogen (secondary N) is 1. The van der Waals surface area contributed by atoms with Gasteiger partial charge in [0.25, 0.3) is 0 Å². The minimum Gasteiger partial charge on any atom is -0.324 e. The molecule has 0 aliphatic heterocycles. The molecule has 2 aromatic carbocycles. The highest BCUT2D eigenvalue weighted by Gasteiger charge is 2.29. The molecule has 2 aromatic rings. The molecule has 0 heterocycles. The Bertz CT molecular complexity index is 942. The lowest BCUT2D eigenvalue weighted by Gasteiger charge is -2.29. The molecule has 2 rings (SSSR count). The van der Waals surface area contributed by atoms with Gasteiger partial charge in [-0.3, -0.25) is 9.10 Å². The Balaban J connectivity index is 2.35. The molecule has 0 spiro atoms. The van der Waals surface area contributed by atoms with Gasteiger partial charge >= 0.3 is 0 Å². The predicted molar refractivity (Wildman–Crippen MR) is 108 cm³/mol. The normalized spacial score (nSPS) is 12.5. The van der Waals surface area contributed by atoms with Crippen LogP contribution in [0.4, 0.5) is 11.4 Å². The fourth-order valence-corrected chi connectivity index (χ4v) is 4.07. The van der Waals surface area contributed by atoms with Crippen molar-refractivity contribution in [2.24, 2.45) is 0 Å². The second-order valence-electron chi connectivity index (χ2n) is 6.45. The lowest BCUT2D eigenvalue weighted by atomic mass is 10.1. The molecule has 26 heavy (non-hydrogen) atoms. The molecule has 1 atom stereocenters. The van der Waals surface area contributed by atoms with Crippen LogP contribution in [0.1, 0.15) is 23.6 Å². The Morgan fingerprint density at radius 3 is 2.23 bits per heavy atom. The van der Waals surface area contributed by atoms with Gasteiger partial charge in [-0.05, 0) is 74.7 Å². The zero-order valence-electron chi connectivity index (χ0n) is 15.5. The van der Waals surface area contributed by atoms with Crippen LogP contribution >= 0.6 is 11.6 Å². The summed E-state index contributed by atoms with van der Waals surface area (Å²) in [7, 11) is -3.65. The molecule has 0 bridgehead atoms. The summed E-state index contributed by atoms with van der Waals surface area (Å²) < 4.78 is 25.9. The van der Waals surface area contributed by atoms with E-state index in [1.54, 1.807) is 37.3 Å². The number of hydrogen-bond donors (Lipinski definition) is 1. The second kappa shape index (κ2) is 7.68. The highest BCUT2D eigenvalue weighted by Crippen LogP contribution is 2.25. The number of hydrogen-bond acceptors (Lipinski definition) is 3. The van der Waals surface area contributed by atoms with E-state index < -0.39 is 22.0 Å². The third-order valence-electron chi connectivity index (χ3n) is 4.28. The Labute approximate surface area is 160 Å². The highest BCUT2D eigenvalue weighted by molar-refractivity contribution is 7.92. The zero-order valence-corrected chi connectivity index (χ0v) is 17.1. The molecule has 140 valence electrons. The number of rotatable bonds is 5. The average molecular weight is 395 g/mol. The van der Waals surface area contributed by atoms with Gasteiger partial charge in [0.2, 0.25) is 15.9 Å². The van der Waals surface area contributed by atoms with E-state index in [0.29, 0.717) is 16.4 Å². The molecule has 5 nitrogen and oxygen atoms in total. The molecule has 0 radical (unpaired) electrons. The van der Waals surface area contributed by atoms with Gasteiger partial charge in [0.1, 0.15) is 6.04 Å². The van der Waals surface area contributed by atoms with Crippen LogP contribution < -0.4 is 9.62 Å². The van der Waals surface area contributed by atoms with Crippen molar-refractivity contribution in [1.82, 2.24) is 0 Å². The first-order valence-corrected chi connectivity index (χ1v) is 10.4. The summed E-state index contributed by atoms with van der Waals surface area (Å²) in [5.74, 6) is -0.418. The van der Waals surface area contributed by atoms with Crippen LogP contribution in [0.15, 0.2) is 36.4 Å². The molecule has 0 aromatic heterocycles. The first-order valence-electron chi connectivity index (χ1n) is 8.14. The minimum atomic E-state index is -3.65. The van der Waals surface area contributed by atoms with Crippen molar-refractivity contribution in [2.45, 2.75) is 33.7 Å². The average Bonchev–Trinajstić information content (AvgIpc) is 2.52. The maximum Gasteiger partial charge on any atom is 0.248 e. The van der Waals surface area contributed by atoms with Crippen molar-refractivity contribution in [2.75, 3.05) is 15.9 Å². The number of carbonyl (C=O) groups excluding carboxylic acids is 1. The fourth-order valence-electron chi connectivity index (χ4n) is 2.68. The van der Waals surface area contributed by atoms with E-state index >= 15 is 0 Å². The lowest BCUT2D eigenvalue weighted by Crippen LogP contribution is -2.45. The van der Waals surface area contributed by atoms with Crippen molar-refractivity contribution < 1.29 is 13.2 Å². The Kier molecular flexibility index (Phi) is 5.98. The predicted octanol–water partition coefficient (Wildman–Crippen LogP) is 4.06. The van der Waals surface area contributed by atoms with Crippen LogP contribution in [0.3, 0.4) is 0 Å². The molecule has 1 amide bonds. The molecule has 0 aliphatic rings. The quantitative estimate of drug-likeness (QED) is 0.831. The van der Waals surface area contributed by atoms with E-state index in [2.05, 4.69) is 5.32 Å². The topological polar surface area (TPSA) is 66.5 Å². The van der Waals surface area contributed by atoms with E-state index in [-0.39, 0.29) is 0 Å². The number of halogens is 1. The molecule has 7 heteroatoms. The van der Waals surface area contributed by atoms with E-state index in [1.165, 1.54) is 0 Å². The Morgan fingerprint density at radius 1 is 1.04 bits per heavy atom. The molecule has 0 saturated heterocycles. The number of nitrogens with zero attached hydrogens (tertiary/aromatic N) is 1. The monoisotopic (exact) mass is 394 g/mol. The van der Waals surface area contributed by atoms with Crippen LogP contribution in [-0.2, 0) is 14.8 Å². The Hall–Kier alpha value is -2.05. The second-order valence-corrected chi connectivity index (χ2v) is 8.75. The number of aryl methyl sites for hydroxylation is 3. The Morgan fingerprint density at radius 2 is 1.69 bits per heavy atom. The summed E-state index contributed by atoms with van der Waals surface area (Å²) in [6.45, 7) is 7.24.